The first-order valence-electron chi connectivity index (χ1n) is 9.78. The van der Waals surface area contributed by atoms with Gasteiger partial charge in [0, 0.05) is 18.5 Å². The maximum atomic E-state index is 12.6. The third kappa shape index (κ3) is 3.90. The molecule has 0 aliphatic carbocycles. The zero-order chi connectivity index (χ0) is 20.4. The van der Waals surface area contributed by atoms with E-state index < -0.39 is 15.9 Å². The van der Waals surface area contributed by atoms with Gasteiger partial charge < -0.3 is 9.80 Å². The molecule has 1 N–H and O–H groups in total. The minimum atomic E-state index is -3.86. The van der Waals surface area contributed by atoms with Crippen LogP contribution in [0.4, 0.5) is 0 Å². The van der Waals surface area contributed by atoms with Crippen LogP contribution in [0, 0.1) is 0 Å². The van der Waals surface area contributed by atoms with Gasteiger partial charge in [-0.3, -0.25) is 9.59 Å². The van der Waals surface area contributed by atoms with Gasteiger partial charge in [0.15, 0.2) is 0 Å². The molecule has 4 rings (SSSR count). The molecule has 29 heavy (non-hydrogen) atoms. The second-order valence-corrected chi connectivity index (χ2v) is 9.25. The highest BCUT2D eigenvalue weighted by Gasteiger charge is 2.41. The van der Waals surface area contributed by atoms with Crippen LogP contribution < -0.4 is 4.90 Å². The Morgan fingerprint density at radius 3 is 2.31 bits per heavy atom. The number of fused-ring (bicyclic) bond motifs is 1. The molecular formula is C21H24N3O4S+. The summed E-state index contributed by atoms with van der Waals surface area (Å²) >= 11 is 0. The Morgan fingerprint density at radius 2 is 1.62 bits per heavy atom. The van der Waals surface area contributed by atoms with Gasteiger partial charge in [0.25, 0.3) is 15.9 Å². The van der Waals surface area contributed by atoms with Gasteiger partial charge in [-0.05, 0) is 12.1 Å². The normalized spacial score (nSPS) is 18.7. The molecule has 0 bridgehead atoms. The minimum Gasteiger partial charge on any atom is -0.331 e. The quantitative estimate of drug-likeness (QED) is 0.755. The summed E-state index contributed by atoms with van der Waals surface area (Å²) in [7, 11) is -3.86. The van der Waals surface area contributed by atoms with Crippen molar-refractivity contribution in [3.63, 3.8) is 0 Å². The number of hydrogen-bond acceptors (Lipinski definition) is 4. The fourth-order valence-corrected chi connectivity index (χ4v) is 5.51. The highest BCUT2D eigenvalue weighted by Crippen LogP contribution is 2.29. The molecule has 2 aromatic carbocycles. The summed E-state index contributed by atoms with van der Waals surface area (Å²) in [5, 5.41) is 0. The van der Waals surface area contributed by atoms with Crippen LogP contribution in [-0.2, 0) is 21.4 Å². The van der Waals surface area contributed by atoms with Crippen LogP contribution in [0.15, 0.2) is 59.5 Å². The predicted molar refractivity (Wildman–Crippen MR) is 107 cm³/mol. The first-order chi connectivity index (χ1) is 14.0. The van der Waals surface area contributed by atoms with Gasteiger partial charge in [0.1, 0.15) is 11.4 Å². The lowest BCUT2D eigenvalue weighted by molar-refractivity contribution is -0.917. The summed E-state index contributed by atoms with van der Waals surface area (Å²) in [6, 6.07) is 16.4. The molecule has 0 unspecified atom stereocenters. The lowest BCUT2D eigenvalue weighted by Gasteiger charge is -2.32. The molecule has 7 nitrogen and oxygen atoms in total. The molecule has 0 radical (unpaired) electrons. The Hall–Kier alpha value is -2.71. The van der Waals surface area contributed by atoms with Crippen LogP contribution >= 0.6 is 0 Å². The van der Waals surface area contributed by atoms with Crippen molar-refractivity contribution in [2.45, 2.75) is 17.9 Å². The van der Waals surface area contributed by atoms with Crippen LogP contribution in [0.2, 0.25) is 0 Å². The number of carbonyl (C=O) groups excluding carboxylic acids is 2. The SMILES string of the molecule is O=C(CCN1C(=O)c2ccccc2S1(=O)=O)N1CC[NH+](Cc2ccccc2)CC1. The Balaban J connectivity index is 1.30. The van der Waals surface area contributed by atoms with Crippen molar-refractivity contribution in [2.24, 2.45) is 0 Å². The lowest BCUT2D eigenvalue weighted by atomic mass is 10.2. The first kappa shape index (κ1) is 19.6. The molecule has 1 saturated heterocycles. The summed E-state index contributed by atoms with van der Waals surface area (Å²) in [5.74, 6) is -0.659. The van der Waals surface area contributed by atoms with E-state index in [1.807, 2.05) is 18.2 Å². The smallest absolute Gasteiger partial charge is 0.269 e. The van der Waals surface area contributed by atoms with E-state index >= 15 is 0 Å². The molecule has 2 heterocycles. The van der Waals surface area contributed by atoms with E-state index in [4.69, 9.17) is 0 Å². The van der Waals surface area contributed by atoms with Crippen LogP contribution in [0.5, 0.6) is 0 Å². The average molecular weight is 415 g/mol. The van der Waals surface area contributed by atoms with E-state index in [1.54, 1.807) is 17.0 Å². The van der Waals surface area contributed by atoms with E-state index in [0.29, 0.717) is 13.1 Å². The lowest BCUT2D eigenvalue weighted by Crippen LogP contribution is -3.13. The van der Waals surface area contributed by atoms with Gasteiger partial charge in [-0.15, -0.1) is 0 Å². The molecule has 2 amide bonds. The molecule has 152 valence electrons. The number of rotatable bonds is 5. The number of piperazine rings is 1. The molecule has 2 aliphatic rings. The summed E-state index contributed by atoms with van der Waals surface area (Å²) in [6.45, 7) is 3.80. The molecule has 2 aliphatic heterocycles. The second kappa shape index (κ2) is 7.96. The highest BCUT2D eigenvalue weighted by molar-refractivity contribution is 7.90. The van der Waals surface area contributed by atoms with Crippen molar-refractivity contribution >= 4 is 21.8 Å². The maximum Gasteiger partial charge on any atom is 0.269 e. The number of hydrogen-bond donors (Lipinski definition) is 1. The van der Waals surface area contributed by atoms with E-state index in [2.05, 4.69) is 12.1 Å². The Bertz CT molecular complexity index is 1020. The zero-order valence-corrected chi connectivity index (χ0v) is 16.9. The van der Waals surface area contributed by atoms with Crippen molar-refractivity contribution < 1.29 is 22.9 Å². The summed E-state index contributed by atoms with van der Waals surface area (Å²) in [5.41, 5.74) is 1.46. The number of amides is 2. The third-order valence-electron chi connectivity index (χ3n) is 5.56. The standard InChI is InChI=1S/C21H23N3O4S/c25-20(23-14-12-22(13-15-23)16-17-6-2-1-3-7-17)10-11-24-21(26)18-8-4-5-9-19(18)29(24,27)28/h1-9H,10-16H2/p+1. The fraction of sp³-hybridized carbons (Fsp3) is 0.333. The molecule has 1 fully saturated rings. The Kier molecular flexibility index (Phi) is 5.38. The topological polar surface area (TPSA) is 79.2 Å². The van der Waals surface area contributed by atoms with Crippen LogP contribution in [0.3, 0.4) is 0 Å². The van der Waals surface area contributed by atoms with Gasteiger partial charge in [0.05, 0.1) is 31.7 Å². The van der Waals surface area contributed by atoms with Crippen LogP contribution in [-0.4, -0.2) is 62.2 Å². The number of sulfonamides is 1. The van der Waals surface area contributed by atoms with E-state index in [1.165, 1.54) is 22.6 Å². The maximum absolute atomic E-state index is 12.6. The minimum absolute atomic E-state index is 0.00692. The van der Waals surface area contributed by atoms with Crippen LogP contribution in [0.1, 0.15) is 22.3 Å². The van der Waals surface area contributed by atoms with Crippen molar-refractivity contribution in [2.75, 3.05) is 32.7 Å². The summed E-state index contributed by atoms with van der Waals surface area (Å²) in [4.78, 5) is 28.3. The van der Waals surface area contributed by atoms with Gasteiger partial charge in [-0.25, -0.2) is 12.7 Å². The molecule has 0 spiro atoms. The molecule has 0 atom stereocenters. The second-order valence-electron chi connectivity index (χ2n) is 7.42. The molecule has 8 heteroatoms. The monoisotopic (exact) mass is 414 g/mol. The van der Waals surface area contributed by atoms with Crippen molar-refractivity contribution in [3.8, 4) is 0 Å². The van der Waals surface area contributed by atoms with Gasteiger partial charge >= 0.3 is 0 Å². The van der Waals surface area contributed by atoms with Crippen molar-refractivity contribution in [1.29, 1.82) is 0 Å². The van der Waals surface area contributed by atoms with Gasteiger partial charge in [-0.2, -0.15) is 0 Å². The van der Waals surface area contributed by atoms with E-state index in [0.717, 1.165) is 23.9 Å². The van der Waals surface area contributed by atoms with Crippen molar-refractivity contribution in [3.05, 3.63) is 65.7 Å². The number of benzene rings is 2. The first-order valence-corrected chi connectivity index (χ1v) is 11.2. The molecule has 0 aromatic heterocycles. The van der Waals surface area contributed by atoms with Crippen LogP contribution in [0.25, 0.3) is 0 Å². The number of carbonyl (C=O) groups is 2. The van der Waals surface area contributed by atoms with E-state index in [9.17, 15) is 18.0 Å². The molecule has 0 saturated carbocycles. The third-order valence-corrected chi connectivity index (χ3v) is 7.40. The number of quaternary nitrogens is 1. The average Bonchev–Trinajstić information content (AvgIpc) is 2.93. The fourth-order valence-electron chi connectivity index (χ4n) is 3.94. The van der Waals surface area contributed by atoms with E-state index in [-0.39, 0.29) is 29.3 Å². The predicted octanol–water partition coefficient (Wildman–Crippen LogP) is 0.149. The zero-order valence-electron chi connectivity index (χ0n) is 16.1. The Labute approximate surface area is 170 Å². The van der Waals surface area contributed by atoms with Gasteiger partial charge in [0.2, 0.25) is 5.91 Å². The summed E-state index contributed by atoms with van der Waals surface area (Å²) < 4.78 is 26.0. The van der Waals surface area contributed by atoms with Gasteiger partial charge in [-0.1, -0.05) is 42.5 Å². The van der Waals surface area contributed by atoms with Crippen molar-refractivity contribution in [1.82, 2.24) is 9.21 Å². The largest absolute Gasteiger partial charge is 0.331 e. The Morgan fingerprint density at radius 1 is 0.966 bits per heavy atom. The number of nitrogens with zero attached hydrogens (tertiary/aromatic N) is 2. The molecular weight excluding hydrogens is 390 g/mol. The summed E-state index contributed by atoms with van der Waals surface area (Å²) in [6.07, 6.45) is 0.00692. The molecule has 2 aromatic rings. The highest BCUT2D eigenvalue weighted by atomic mass is 32.2. The number of nitrogens with one attached hydrogen (secondary N) is 1.